The number of sulfonamides is 1. The molecule has 146 valence electrons. The summed E-state index contributed by atoms with van der Waals surface area (Å²) in [5, 5.41) is 0.0707. The van der Waals surface area contributed by atoms with Crippen LogP contribution in [0.2, 0.25) is 5.02 Å². The van der Waals surface area contributed by atoms with Gasteiger partial charge in [0, 0.05) is 13.1 Å². The lowest BCUT2D eigenvalue weighted by atomic mass is 10.1. The van der Waals surface area contributed by atoms with Gasteiger partial charge in [0.15, 0.2) is 0 Å². The number of ether oxygens (including phenoxy) is 1. The first-order chi connectivity index (χ1) is 12.6. The molecule has 5 nitrogen and oxygen atoms in total. The van der Waals surface area contributed by atoms with E-state index < -0.39 is 16.0 Å². The fourth-order valence-electron chi connectivity index (χ4n) is 2.76. The molecule has 2 rings (SSSR count). The van der Waals surface area contributed by atoms with E-state index in [2.05, 4.69) is 0 Å². The Hall–Kier alpha value is -1.89. The number of rotatable bonds is 6. The summed E-state index contributed by atoms with van der Waals surface area (Å²) in [7, 11) is -3.79. The monoisotopic (exact) mass is 409 g/mol. The Morgan fingerprint density at radius 1 is 1.04 bits per heavy atom. The van der Waals surface area contributed by atoms with E-state index in [1.807, 2.05) is 32.9 Å². The van der Waals surface area contributed by atoms with Gasteiger partial charge in [-0.2, -0.15) is 4.31 Å². The van der Waals surface area contributed by atoms with Gasteiger partial charge in [-0.3, -0.25) is 0 Å². The first-order valence-electron chi connectivity index (χ1n) is 8.72. The van der Waals surface area contributed by atoms with E-state index in [-0.39, 0.29) is 15.5 Å². The summed E-state index contributed by atoms with van der Waals surface area (Å²) < 4.78 is 32.4. The summed E-state index contributed by atoms with van der Waals surface area (Å²) in [5.41, 5.74) is 2.83. The fourth-order valence-corrected chi connectivity index (χ4v) is 4.72. The minimum absolute atomic E-state index is 0.0707. The summed E-state index contributed by atoms with van der Waals surface area (Å²) >= 11 is 6.12. The predicted octanol–water partition coefficient (Wildman–Crippen LogP) is 4.51. The largest absolute Gasteiger partial charge is 0.422 e. The lowest BCUT2D eigenvalue weighted by Crippen LogP contribution is -2.31. The van der Waals surface area contributed by atoms with Gasteiger partial charge in [-0.1, -0.05) is 37.6 Å². The minimum atomic E-state index is -3.79. The van der Waals surface area contributed by atoms with Crippen LogP contribution in [0.25, 0.3) is 0 Å². The van der Waals surface area contributed by atoms with Crippen molar-refractivity contribution in [2.24, 2.45) is 0 Å². The van der Waals surface area contributed by atoms with E-state index in [4.69, 9.17) is 16.3 Å². The second kappa shape index (κ2) is 8.42. The molecule has 0 radical (unpaired) electrons. The Kier molecular flexibility index (Phi) is 6.68. The average Bonchev–Trinajstić information content (AvgIpc) is 2.62. The average molecular weight is 410 g/mol. The molecule has 2 aromatic rings. The van der Waals surface area contributed by atoms with Crippen molar-refractivity contribution < 1.29 is 17.9 Å². The number of carbonyl (C=O) groups is 1. The van der Waals surface area contributed by atoms with Gasteiger partial charge in [-0.25, -0.2) is 13.2 Å². The highest BCUT2D eigenvalue weighted by Gasteiger charge is 2.26. The maximum atomic E-state index is 12.8. The molecule has 7 heteroatoms. The molecule has 0 aliphatic carbocycles. The molecular weight excluding hydrogens is 386 g/mol. The number of nitrogens with zero attached hydrogens (tertiary/aromatic N) is 1. The van der Waals surface area contributed by atoms with E-state index in [0.717, 1.165) is 16.7 Å². The van der Waals surface area contributed by atoms with Crippen molar-refractivity contribution in [1.29, 1.82) is 0 Å². The molecule has 0 heterocycles. The van der Waals surface area contributed by atoms with Crippen molar-refractivity contribution in [3.63, 3.8) is 0 Å². The van der Waals surface area contributed by atoms with Gasteiger partial charge >= 0.3 is 5.97 Å². The van der Waals surface area contributed by atoms with Crippen LogP contribution in [0.15, 0.2) is 35.2 Å². The topological polar surface area (TPSA) is 63.7 Å². The van der Waals surface area contributed by atoms with Gasteiger partial charge in [0.2, 0.25) is 10.0 Å². The number of benzene rings is 2. The molecule has 0 saturated carbocycles. The van der Waals surface area contributed by atoms with Crippen molar-refractivity contribution in [2.45, 2.75) is 39.5 Å². The number of esters is 1. The van der Waals surface area contributed by atoms with Gasteiger partial charge in [0.05, 0.1) is 10.6 Å². The molecule has 0 fully saturated rings. The van der Waals surface area contributed by atoms with Crippen molar-refractivity contribution in [3.8, 4) is 5.75 Å². The first-order valence-corrected chi connectivity index (χ1v) is 10.5. The molecule has 0 aliphatic rings. The van der Waals surface area contributed by atoms with Crippen LogP contribution < -0.4 is 4.74 Å². The Bertz CT molecular complexity index is 966. The fraction of sp³-hybridized carbons (Fsp3) is 0.350. The van der Waals surface area contributed by atoms with Crippen LogP contribution >= 0.6 is 11.6 Å². The summed E-state index contributed by atoms with van der Waals surface area (Å²) in [4.78, 5) is 12.6. The van der Waals surface area contributed by atoms with Crippen LogP contribution in [-0.2, 0) is 10.0 Å². The van der Waals surface area contributed by atoms with Gasteiger partial charge < -0.3 is 4.74 Å². The smallest absolute Gasteiger partial charge is 0.343 e. The first kappa shape index (κ1) is 21.4. The normalized spacial score (nSPS) is 11.7. The third-order valence-electron chi connectivity index (χ3n) is 4.56. The highest BCUT2D eigenvalue weighted by atomic mass is 35.5. The zero-order chi connectivity index (χ0) is 20.4. The summed E-state index contributed by atoms with van der Waals surface area (Å²) in [6.07, 6.45) is 0. The Morgan fingerprint density at radius 2 is 1.63 bits per heavy atom. The second-order valence-electron chi connectivity index (χ2n) is 6.28. The van der Waals surface area contributed by atoms with Crippen molar-refractivity contribution >= 4 is 27.6 Å². The maximum Gasteiger partial charge on any atom is 0.343 e. The number of aryl methyl sites for hydroxylation is 2. The molecule has 0 unspecified atom stereocenters. The highest BCUT2D eigenvalue weighted by Crippen LogP contribution is 2.29. The number of hydrogen-bond donors (Lipinski definition) is 0. The van der Waals surface area contributed by atoms with Crippen molar-refractivity contribution in [2.75, 3.05) is 13.1 Å². The zero-order valence-corrected chi connectivity index (χ0v) is 17.7. The molecule has 0 saturated heterocycles. The molecule has 0 amide bonds. The number of halogens is 1. The lowest BCUT2D eigenvalue weighted by Gasteiger charge is -2.19. The highest BCUT2D eigenvalue weighted by molar-refractivity contribution is 7.89. The van der Waals surface area contributed by atoms with Gasteiger partial charge in [-0.15, -0.1) is 0 Å². The van der Waals surface area contributed by atoms with Crippen molar-refractivity contribution in [3.05, 3.63) is 57.6 Å². The molecule has 0 atom stereocenters. The van der Waals surface area contributed by atoms with E-state index in [1.165, 1.54) is 22.5 Å². The Balaban J connectivity index is 2.44. The second-order valence-corrected chi connectivity index (χ2v) is 8.59. The van der Waals surface area contributed by atoms with E-state index in [9.17, 15) is 13.2 Å². The maximum absolute atomic E-state index is 12.8. The lowest BCUT2D eigenvalue weighted by molar-refractivity contribution is 0.0732. The molecular formula is C20H24ClNO4S. The minimum Gasteiger partial charge on any atom is -0.422 e. The van der Waals surface area contributed by atoms with Gasteiger partial charge in [0.25, 0.3) is 0 Å². The van der Waals surface area contributed by atoms with Crippen LogP contribution in [-0.4, -0.2) is 31.8 Å². The van der Waals surface area contributed by atoms with E-state index in [0.29, 0.717) is 18.8 Å². The molecule has 0 N–H and O–H groups in total. The van der Waals surface area contributed by atoms with Gasteiger partial charge in [-0.05, 0) is 55.7 Å². The molecule has 0 aliphatic heterocycles. The summed E-state index contributed by atoms with van der Waals surface area (Å²) in [6.45, 7) is 9.78. The summed E-state index contributed by atoms with van der Waals surface area (Å²) in [5.74, 6) is -0.137. The molecule has 0 bridgehead atoms. The Morgan fingerprint density at radius 3 is 2.22 bits per heavy atom. The molecule has 0 spiro atoms. The van der Waals surface area contributed by atoms with Crippen LogP contribution in [0.4, 0.5) is 0 Å². The SMILES string of the molecule is CCN(CC)S(=O)(=O)c1cc(C(=O)Oc2c(C)ccc(C)c2C)ccc1Cl. The molecule has 0 aromatic heterocycles. The van der Waals surface area contributed by atoms with Gasteiger partial charge in [0.1, 0.15) is 10.6 Å². The number of hydrogen-bond acceptors (Lipinski definition) is 4. The standard InChI is InChI=1S/C20H24ClNO4S/c1-6-22(7-2)27(24,25)18-12-16(10-11-17(18)21)20(23)26-19-14(4)9-8-13(3)15(19)5/h8-12H,6-7H2,1-5H3. The van der Waals surface area contributed by atoms with Crippen LogP contribution in [0.3, 0.4) is 0 Å². The summed E-state index contributed by atoms with van der Waals surface area (Å²) in [6, 6.07) is 7.98. The molecule has 2 aromatic carbocycles. The quantitative estimate of drug-likeness (QED) is 0.520. The van der Waals surface area contributed by atoms with E-state index in [1.54, 1.807) is 13.8 Å². The van der Waals surface area contributed by atoms with E-state index >= 15 is 0 Å². The predicted molar refractivity (Wildman–Crippen MR) is 107 cm³/mol. The third-order valence-corrected chi connectivity index (χ3v) is 7.09. The third kappa shape index (κ3) is 4.34. The Labute approximate surface area is 166 Å². The van der Waals surface area contributed by atoms with Crippen LogP contribution in [0.1, 0.15) is 40.9 Å². The van der Waals surface area contributed by atoms with Crippen LogP contribution in [0.5, 0.6) is 5.75 Å². The zero-order valence-electron chi connectivity index (χ0n) is 16.2. The number of carbonyl (C=O) groups excluding carboxylic acids is 1. The van der Waals surface area contributed by atoms with Crippen LogP contribution in [0, 0.1) is 20.8 Å². The van der Waals surface area contributed by atoms with Crippen molar-refractivity contribution in [1.82, 2.24) is 4.31 Å². The molecule has 27 heavy (non-hydrogen) atoms.